The first-order valence-electron chi connectivity index (χ1n) is 6.63. The average Bonchev–Trinajstić information content (AvgIpc) is 2.38. The minimum absolute atomic E-state index is 0.898. The molecule has 0 bridgehead atoms. The Morgan fingerprint density at radius 1 is 1.12 bits per heavy atom. The van der Waals surface area contributed by atoms with Crippen LogP contribution in [0.5, 0.6) is 0 Å². The quantitative estimate of drug-likeness (QED) is 0.809. The summed E-state index contributed by atoms with van der Waals surface area (Å²) >= 11 is 0. The first kappa shape index (κ1) is 12.2. The van der Waals surface area contributed by atoms with Gasteiger partial charge < -0.3 is 10.6 Å². The van der Waals surface area contributed by atoms with Crippen molar-refractivity contribution >= 4 is 11.4 Å². The lowest BCUT2D eigenvalue weighted by atomic mass is 10.2. The number of benzene rings is 1. The van der Waals surface area contributed by atoms with Crippen LogP contribution < -0.4 is 10.6 Å². The molecule has 0 amide bonds. The SMILES string of the molecule is CCCCN1CCN(c2ccccc2N)CC1. The van der Waals surface area contributed by atoms with Crippen molar-refractivity contribution in [3.05, 3.63) is 24.3 Å². The fourth-order valence-corrected chi connectivity index (χ4v) is 2.37. The van der Waals surface area contributed by atoms with Gasteiger partial charge in [-0.3, -0.25) is 4.90 Å². The van der Waals surface area contributed by atoms with Gasteiger partial charge in [0.15, 0.2) is 0 Å². The Labute approximate surface area is 104 Å². The van der Waals surface area contributed by atoms with Crippen molar-refractivity contribution in [3.63, 3.8) is 0 Å². The van der Waals surface area contributed by atoms with Crippen LogP contribution in [0, 0.1) is 0 Å². The number of unbranched alkanes of at least 4 members (excludes halogenated alkanes) is 1. The van der Waals surface area contributed by atoms with Crippen molar-refractivity contribution in [2.45, 2.75) is 19.8 Å². The third-order valence-electron chi connectivity index (χ3n) is 3.48. The predicted octanol–water partition coefficient (Wildman–Crippen LogP) is 2.19. The summed E-state index contributed by atoms with van der Waals surface area (Å²) in [5, 5.41) is 0. The minimum Gasteiger partial charge on any atom is -0.397 e. The lowest BCUT2D eigenvalue weighted by Crippen LogP contribution is -2.46. The molecule has 0 atom stereocenters. The second-order valence-corrected chi connectivity index (χ2v) is 4.74. The van der Waals surface area contributed by atoms with Crippen molar-refractivity contribution < 1.29 is 0 Å². The van der Waals surface area contributed by atoms with Gasteiger partial charge in [-0.25, -0.2) is 0 Å². The summed E-state index contributed by atoms with van der Waals surface area (Å²) in [6.45, 7) is 8.01. The maximum atomic E-state index is 6.01. The highest BCUT2D eigenvalue weighted by Crippen LogP contribution is 2.23. The molecule has 17 heavy (non-hydrogen) atoms. The Morgan fingerprint density at radius 3 is 2.47 bits per heavy atom. The van der Waals surface area contributed by atoms with Crippen LogP contribution in [-0.2, 0) is 0 Å². The monoisotopic (exact) mass is 233 g/mol. The van der Waals surface area contributed by atoms with Crippen molar-refractivity contribution in [1.82, 2.24) is 4.90 Å². The van der Waals surface area contributed by atoms with Gasteiger partial charge in [-0.1, -0.05) is 25.5 Å². The van der Waals surface area contributed by atoms with Crippen LogP contribution in [0.1, 0.15) is 19.8 Å². The smallest absolute Gasteiger partial charge is 0.0600 e. The van der Waals surface area contributed by atoms with E-state index < -0.39 is 0 Å². The number of piperazine rings is 1. The number of rotatable bonds is 4. The van der Waals surface area contributed by atoms with Crippen LogP contribution in [0.3, 0.4) is 0 Å². The van der Waals surface area contributed by atoms with E-state index in [4.69, 9.17) is 5.73 Å². The van der Waals surface area contributed by atoms with Crippen LogP contribution in [0.25, 0.3) is 0 Å². The van der Waals surface area contributed by atoms with E-state index in [0.29, 0.717) is 0 Å². The van der Waals surface area contributed by atoms with Crippen LogP contribution >= 0.6 is 0 Å². The zero-order valence-electron chi connectivity index (χ0n) is 10.7. The largest absolute Gasteiger partial charge is 0.397 e. The van der Waals surface area contributed by atoms with Gasteiger partial charge in [0.1, 0.15) is 0 Å². The van der Waals surface area contributed by atoms with Crippen molar-refractivity contribution in [3.8, 4) is 0 Å². The fourth-order valence-electron chi connectivity index (χ4n) is 2.37. The highest BCUT2D eigenvalue weighted by atomic mass is 15.3. The van der Waals surface area contributed by atoms with Crippen LogP contribution in [0.2, 0.25) is 0 Å². The number of nitrogens with two attached hydrogens (primary N) is 1. The molecule has 1 aromatic rings. The Kier molecular flexibility index (Phi) is 4.26. The first-order valence-corrected chi connectivity index (χ1v) is 6.63. The molecular formula is C14H23N3. The third kappa shape index (κ3) is 3.13. The molecule has 0 aromatic heterocycles. The molecule has 2 rings (SSSR count). The maximum Gasteiger partial charge on any atom is 0.0600 e. The summed E-state index contributed by atoms with van der Waals surface area (Å²) in [7, 11) is 0. The number of nitrogen functional groups attached to an aromatic ring is 1. The van der Waals surface area contributed by atoms with Crippen LogP contribution in [0.15, 0.2) is 24.3 Å². The van der Waals surface area contributed by atoms with E-state index >= 15 is 0 Å². The van der Waals surface area contributed by atoms with Gasteiger partial charge >= 0.3 is 0 Å². The molecule has 1 saturated heterocycles. The maximum absolute atomic E-state index is 6.01. The van der Waals surface area contributed by atoms with Gasteiger partial charge in [-0.05, 0) is 25.1 Å². The van der Waals surface area contributed by atoms with E-state index in [2.05, 4.69) is 28.9 Å². The highest BCUT2D eigenvalue weighted by molar-refractivity contribution is 5.67. The molecule has 2 N–H and O–H groups in total. The number of anilines is 2. The minimum atomic E-state index is 0.898. The molecule has 0 unspecified atom stereocenters. The number of nitrogens with zero attached hydrogens (tertiary/aromatic N) is 2. The van der Waals surface area contributed by atoms with Crippen molar-refractivity contribution in [2.75, 3.05) is 43.4 Å². The van der Waals surface area contributed by atoms with Gasteiger partial charge in [0.2, 0.25) is 0 Å². The fraction of sp³-hybridized carbons (Fsp3) is 0.571. The highest BCUT2D eigenvalue weighted by Gasteiger charge is 2.17. The predicted molar refractivity (Wildman–Crippen MR) is 74.4 cm³/mol. The van der Waals surface area contributed by atoms with E-state index in [9.17, 15) is 0 Å². The molecular weight excluding hydrogens is 210 g/mol. The van der Waals surface area contributed by atoms with Crippen molar-refractivity contribution in [1.29, 1.82) is 0 Å². The van der Waals surface area contributed by atoms with E-state index in [1.54, 1.807) is 0 Å². The zero-order chi connectivity index (χ0) is 12.1. The third-order valence-corrected chi connectivity index (χ3v) is 3.48. The van der Waals surface area contributed by atoms with E-state index in [-0.39, 0.29) is 0 Å². The second-order valence-electron chi connectivity index (χ2n) is 4.74. The van der Waals surface area contributed by atoms with Gasteiger partial charge in [-0.2, -0.15) is 0 Å². The van der Waals surface area contributed by atoms with E-state index in [1.807, 2.05) is 12.1 Å². The molecule has 0 radical (unpaired) electrons. The molecule has 1 fully saturated rings. The normalized spacial score (nSPS) is 17.4. The molecule has 3 nitrogen and oxygen atoms in total. The van der Waals surface area contributed by atoms with Gasteiger partial charge in [0.05, 0.1) is 11.4 Å². The standard InChI is InChI=1S/C14H23N3/c1-2-3-8-16-9-11-17(12-10-16)14-7-5-4-6-13(14)15/h4-7H,2-3,8-12,15H2,1H3. The topological polar surface area (TPSA) is 32.5 Å². The van der Waals surface area contributed by atoms with Gasteiger partial charge in [0, 0.05) is 26.2 Å². The molecule has 1 aliphatic rings. The number of hydrogen-bond donors (Lipinski definition) is 1. The Bertz CT molecular complexity index is 343. The lowest BCUT2D eigenvalue weighted by Gasteiger charge is -2.36. The zero-order valence-corrected chi connectivity index (χ0v) is 10.7. The lowest BCUT2D eigenvalue weighted by molar-refractivity contribution is 0.254. The molecule has 94 valence electrons. The van der Waals surface area contributed by atoms with Crippen molar-refractivity contribution in [2.24, 2.45) is 0 Å². The summed E-state index contributed by atoms with van der Waals surface area (Å²) in [4.78, 5) is 4.96. The average molecular weight is 233 g/mol. The number of hydrogen-bond acceptors (Lipinski definition) is 3. The summed E-state index contributed by atoms with van der Waals surface area (Å²) in [6.07, 6.45) is 2.60. The molecule has 3 heteroatoms. The summed E-state index contributed by atoms with van der Waals surface area (Å²) in [6, 6.07) is 8.17. The molecule has 0 saturated carbocycles. The molecule has 1 aliphatic heterocycles. The van der Waals surface area contributed by atoms with Gasteiger partial charge in [0.25, 0.3) is 0 Å². The molecule has 0 aliphatic carbocycles. The van der Waals surface area contributed by atoms with Crippen LogP contribution in [-0.4, -0.2) is 37.6 Å². The van der Waals surface area contributed by atoms with E-state index in [0.717, 1.165) is 31.9 Å². The molecule has 0 spiro atoms. The van der Waals surface area contributed by atoms with Gasteiger partial charge in [-0.15, -0.1) is 0 Å². The molecule has 1 aromatic carbocycles. The van der Waals surface area contributed by atoms with E-state index in [1.165, 1.54) is 25.1 Å². The first-order chi connectivity index (χ1) is 8.31. The van der Waals surface area contributed by atoms with Crippen LogP contribution in [0.4, 0.5) is 11.4 Å². The summed E-state index contributed by atoms with van der Waals surface area (Å²) < 4.78 is 0. The second kappa shape index (κ2) is 5.92. The number of para-hydroxylation sites is 2. The Hall–Kier alpha value is -1.22. The molecule has 1 heterocycles. The summed E-state index contributed by atoms with van der Waals surface area (Å²) in [5.41, 5.74) is 8.11. The Balaban J connectivity index is 1.89. The Morgan fingerprint density at radius 2 is 1.82 bits per heavy atom. The summed E-state index contributed by atoms with van der Waals surface area (Å²) in [5.74, 6) is 0.